The molecule has 0 aromatic rings. The van der Waals surface area contributed by atoms with Crippen LogP contribution in [0.15, 0.2) is 11.4 Å². The van der Waals surface area contributed by atoms with Crippen molar-refractivity contribution < 1.29 is 21.5 Å². The third-order valence-electron chi connectivity index (χ3n) is 2.24. The fraction of sp³-hybridized carbons (Fsp3) is 0.800. The van der Waals surface area contributed by atoms with Gasteiger partial charge in [-0.25, -0.2) is 0 Å². The summed E-state index contributed by atoms with van der Waals surface area (Å²) in [6.07, 6.45) is 7.58. The van der Waals surface area contributed by atoms with Crippen molar-refractivity contribution in [3.63, 3.8) is 0 Å². The molecule has 0 N–H and O–H groups in total. The summed E-state index contributed by atoms with van der Waals surface area (Å²) in [6.45, 7) is 9.41. The third kappa shape index (κ3) is 5.71. The van der Waals surface area contributed by atoms with E-state index < -0.39 is 26.0 Å². The van der Waals surface area contributed by atoms with Gasteiger partial charge in [-0.1, -0.05) is 0 Å². The van der Waals surface area contributed by atoms with Crippen LogP contribution in [0.1, 0.15) is 39.5 Å². The molecule has 0 radical (unpaired) electrons. The zero-order valence-corrected chi connectivity index (χ0v) is 13.5. The Hall–Kier alpha value is 1.34. The fourth-order valence-electron chi connectivity index (χ4n) is 1.32. The van der Waals surface area contributed by atoms with E-state index in [9.17, 15) is 0 Å². The Bertz CT molecular complexity index is 166. The predicted octanol–water partition coefficient (Wildman–Crippen LogP) is 4.63. The topological polar surface area (TPSA) is 0 Å². The number of allylic oxidation sites excluding steroid dienone is 2. The van der Waals surface area contributed by atoms with Gasteiger partial charge in [-0.2, -0.15) is 0 Å². The first-order chi connectivity index (χ1) is 6.08. The molecular weight excluding hydrogens is 278 g/mol. The van der Waals surface area contributed by atoms with Crippen LogP contribution in [-0.4, -0.2) is 13.3 Å². The summed E-state index contributed by atoms with van der Waals surface area (Å²) in [5.41, 5.74) is 0. The third-order valence-corrected chi connectivity index (χ3v) is 19.0. The Balaban J connectivity index is 4.39. The first kappa shape index (κ1) is 14.3. The molecule has 0 saturated heterocycles. The van der Waals surface area contributed by atoms with Gasteiger partial charge in [0, 0.05) is 0 Å². The van der Waals surface area contributed by atoms with Crippen molar-refractivity contribution in [1.82, 2.24) is 0 Å². The summed E-state index contributed by atoms with van der Waals surface area (Å²) in [6, 6.07) is 0. The van der Waals surface area contributed by atoms with E-state index in [1.807, 2.05) is 0 Å². The second kappa shape index (κ2) is 7.61. The van der Waals surface area contributed by atoms with Gasteiger partial charge in [0.25, 0.3) is 0 Å². The molecule has 3 heteroatoms. The number of rotatable bonds is 6. The number of halogens is 1. The Kier molecular flexibility index (Phi) is 8.40. The van der Waals surface area contributed by atoms with E-state index in [4.69, 9.17) is 8.51 Å². The van der Waals surface area contributed by atoms with Crippen molar-refractivity contribution in [3.05, 3.63) is 11.4 Å². The standard InChI is InChI=1S/C10H21P.ClH.Zr/c1-5-7-9-10(8-6-2)11(3)4;;/h9H,5-8H2,1-4H3;1H;. The van der Waals surface area contributed by atoms with Crippen LogP contribution >= 0.6 is 13.1 Å². The molecule has 0 aliphatic heterocycles. The van der Waals surface area contributed by atoms with E-state index >= 15 is 0 Å². The molecule has 78 valence electrons. The van der Waals surface area contributed by atoms with Gasteiger partial charge < -0.3 is 0 Å². The second-order valence-corrected chi connectivity index (χ2v) is 22.0. The Morgan fingerprint density at radius 3 is 2.31 bits per heavy atom. The molecule has 0 atom stereocenters. The summed E-state index contributed by atoms with van der Waals surface area (Å²) >= 11 is -0.574. The average Bonchev–Trinajstić information content (AvgIpc) is 2.12. The van der Waals surface area contributed by atoms with Gasteiger partial charge in [-0.3, -0.25) is 0 Å². The number of hydrogen-bond donors (Lipinski definition) is 0. The molecule has 0 amide bonds. The molecule has 0 saturated carbocycles. The normalized spacial score (nSPS) is 14.4. The summed E-state index contributed by atoms with van der Waals surface area (Å²) in [5.74, 6) is 0. The summed E-state index contributed by atoms with van der Waals surface area (Å²) < 4.78 is -1.07. The van der Waals surface area contributed by atoms with E-state index in [2.05, 4.69) is 33.3 Å². The van der Waals surface area contributed by atoms with E-state index in [1.54, 1.807) is 5.31 Å². The van der Waals surface area contributed by atoms with Gasteiger partial charge in [-0.05, 0) is 0 Å². The zero-order chi connectivity index (χ0) is 10.3. The van der Waals surface area contributed by atoms with Crippen LogP contribution in [-0.2, 0) is 21.5 Å². The summed E-state index contributed by atoms with van der Waals surface area (Å²) in [7, 11) is 6.19. The molecule has 0 aromatic heterocycles. The van der Waals surface area contributed by atoms with Crippen molar-refractivity contribution in [2.24, 2.45) is 0 Å². The molecule has 0 aromatic carbocycles. The van der Waals surface area contributed by atoms with Gasteiger partial charge in [-0.15, -0.1) is 0 Å². The minimum absolute atomic E-state index is 0.574. The Morgan fingerprint density at radius 1 is 1.31 bits per heavy atom. The molecule has 0 aliphatic carbocycles. The Morgan fingerprint density at radius 2 is 1.92 bits per heavy atom. The van der Waals surface area contributed by atoms with E-state index in [0.29, 0.717) is 0 Å². The SMILES string of the molecule is CCCC=C(CCC)[PH](C)(C)[Zr][Cl]. The van der Waals surface area contributed by atoms with E-state index in [0.717, 1.165) is 0 Å². The van der Waals surface area contributed by atoms with Crippen LogP contribution < -0.4 is 0 Å². The Labute approximate surface area is 98.2 Å². The van der Waals surface area contributed by atoms with Crippen LogP contribution in [0.2, 0.25) is 0 Å². The molecule has 13 heavy (non-hydrogen) atoms. The molecule has 0 nitrogen and oxygen atoms in total. The maximum absolute atomic E-state index is 6.19. The van der Waals surface area contributed by atoms with Gasteiger partial charge in [0.1, 0.15) is 0 Å². The molecule has 0 aliphatic rings. The van der Waals surface area contributed by atoms with Crippen LogP contribution in [0.5, 0.6) is 0 Å². The minimum atomic E-state index is -1.07. The van der Waals surface area contributed by atoms with Crippen molar-refractivity contribution >= 4 is 13.1 Å². The van der Waals surface area contributed by atoms with E-state index in [1.165, 1.54) is 25.7 Å². The number of unbranched alkanes of at least 4 members (excludes halogenated alkanes) is 1. The zero-order valence-electron chi connectivity index (χ0n) is 9.28. The molecule has 0 spiro atoms. The maximum atomic E-state index is 6.19. The fourth-order valence-corrected chi connectivity index (χ4v) is 7.69. The van der Waals surface area contributed by atoms with Crippen molar-refractivity contribution in [2.45, 2.75) is 39.5 Å². The van der Waals surface area contributed by atoms with Crippen LogP contribution in [0.4, 0.5) is 0 Å². The van der Waals surface area contributed by atoms with Crippen LogP contribution in [0.25, 0.3) is 0 Å². The molecular formula is C10H22ClPZr. The summed E-state index contributed by atoms with van der Waals surface area (Å²) in [5, 5.41) is 1.75. The van der Waals surface area contributed by atoms with Gasteiger partial charge in [0.2, 0.25) is 0 Å². The van der Waals surface area contributed by atoms with E-state index in [-0.39, 0.29) is 0 Å². The second-order valence-electron chi connectivity index (χ2n) is 3.99. The first-order valence-electron chi connectivity index (χ1n) is 5.15. The molecule has 0 rings (SSSR count). The van der Waals surface area contributed by atoms with Gasteiger partial charge >= 0.3 is 98.8 Å². The van der Waals surface area contributed by atoms with Gasteiger partial charge in [0.15, 0.2) is 0 Å². The quantitative estimate of drug-likeness (QED) is 0.627. The summed E-state index contributed by atoms with van der Waals surface area (Å²) in [4.78, 5) is 0. The van der Waals surface area contributed by atoms with Crippen molar-refractivity contribution in [3.8, 4) is 0 Å². The van der Waals surface area contributed by atoms with Crippen molar-refractivity contribution in [1.29, 1.82) is 0 Å². The van der Waals surface area contributed by atoms with Crippen molar-refractivity contribution in [2.75, 3.05) is 13.3 Å². The first-order valence-corrected chi connectivity index (χ1v) is 15.0. The number of hydrogen-bond acceptors (Lipinski definition) is 0. The average molecular weight is 300 g/mol. The molecule has 0 heterocycles. The monoisotopic (exact) mass is 298 g/mol. The molecule has 0 fully saturated rings. The van der Waals surface area contributed by atoms with Crippen LogP contribution in [0.3, 0.4) is 0 Å². The molecule has 0 unspecified atom stereocenters. The molecule has 0 bridgehead atoms. The van der Waals surface area contributed by atoms with Gasteiger partial charge in [0.05, 0.1) is 0 Å². The predicted molar refractivity (Wildman–Crippen MR) is 63.9 cm³/mol. The van der Waals surface area contributed by atoms with Crippen LogP contribution in [0, 0.1) is 0 Å².